The highest BCUT2D eigenvalue weighted by Crippen LogP contribution is 2.32. The van der Waals surface area contributed by atoms with Crippen molar-refractivity contribution in [1.82, 2.24) is 34.3 Å². The van der Waals surface area contributed by atoms with Gasteiger partial charge >= 0.3 is 0 Å². The summed E-state index contributed by atoms with van der Waals surface area (Å²) in [4.78, 5) is 36.1. The second kappa shape index (κ2) is 7.93. The predicted molar refractivity (Wildman–Crippen MR) is 129 cm³/mol. The summed E-state index contributed by atoms with van der Waals surface area (Å²) in [6.07, 6.45) is 3.91. The summed E-state index contributed by atoms with van der Waals surface area (Å²) in [7, 11) is 0. The van der Waals surface area contributed by atoms with E-state index >= 15 is 0 Å². The van der Waals surface area contributed by atoms with Crippen LogP contribution in [0.2, 0.25) is 5.02 Å². The van der Waals surface area contributed by atoms with Crippen LogP contribution >= 0.6 is 22.9 Å². The number of rotatable bonds is 3. The number of H-pyrrole nitrogens is 1. The van der Waals surface area contributed by atoms with Gasteiger partial charge in [-0.2, -0.15) is 5.10 Å². The van der Waals surface area contributed by atoms with Gasteiger partial charge in [-0.1, -0.05) is 23.7 Å². The summed E-state index contributed by atoms with van der Waals surface area (Å²) in [5, 5.41) is 10.3. The number of hydrogen-bond acceptors (Lipinski definition) is 6. The molecular formula is C23H18ClN7O2S. The van der Waals surface area contributed by atoms with E-state index in [-0.39, 0.29) is 17.4 Å². The molecule has 1 aromatic carbocycles. The van der Waals surface area contributed by atoms with Crippen LogP contribution in [0.15, 0.2) is 53.6 Å². The highest BCUT2D eigenvalue weighted by Gasteiger charge is 2.28. The van der Waals surface area contributed by atoms with E-state index in [1.165, 1.54) is 15.4 Å². The molecule has 6 rings (SSSR count). The first-order chi connectivity index (χ1) is 16.5. The van der Waals surface area contributed by atoms with Gasteiger partial charge in [-0.3, -0.25) is 14.6 Å². The predicted octanol–water partition coefficient (Wildman–Crippen LogP) is 3.49. The number of benzene rings is 1. The van der Waals surface area contributed by atoms with Crippen LogP contribution in [0.25, 0.3) is 22.0 Å². The third-order valence-corrected chi connectivity index (χ3v) is 7.32. The minimum Gasteiger partial charge on any atom is -0.333 e. The molecule has 11 heteroatoms. The molecule has 0 saturated carbocycles. The van der Waals surface area contributed by atoms with Crippen molar-refractivity contribution < 1.29 is 4.79 Å². The standard InChI is InChI=1S/C23H18ClN7O2S/c1-13-16(11-25-31(13)23-27-20(32)18-3-2-9-30(18)28-23)22(33)29-10-8-17-19(12-29)34-21(26-17)14-4-6-15(24)7-5-14/h2-7,9,11H,8,10,12H2,1H3,(H,27,28,32). The molecule has 0 spiro atoms. The molecular weight excluding hydrogens is 474 g/mol. The Morgan fingerprint density at radius 1 is 1.21 bits per heavy atom. The lowest BCUT2D eigenvalue weighted by atomic mass is 10.1. The van der Waals surface area contributed by atoms with Gasteiger partial charge in [0, 0.05) is 34.6 Å². The lowest BCUT2D eigenvalue weighted by molar-refractivity contribution is 0.0735. The zero-order valence-corrected chi connectivity index (χ0v) is 19.6. The van der Waals surface area contributed by atoms with Crippen molar-refractivity contribution in [3.8, 4) is 16.5 Å². The number of nitrogens with one attached hydrogen (secondary N) is 1. The topological polar surface area (TPSA) is 101 Å². The van der Waals surface area contributed by atoms with Gasteiger partial charge in [-0.05, 0) is 31.2 Å². The number of hydrogen-bond donors (Lipinski definition) is 1. The minimum atomic E-state index is -0.275. The highest BCUT2D eigenvalue weighted by molar-refractivity contribution is 7.15. The number of carbonyl (C=O) groups is 1. The van der Waals surface area contributed by atoms with Crippen molar-refractivity contribution in [2.45, 2.75) is 19.9 Å². The average molecular weight is 492 g/mol. The zero-order valence-electron chi connectivity index (χ0n) is 18.0. The van der Waals surface area contributed by atoms with Gasteiger partial charge in [0.25, 0.3) is 11.5 Å². The Balaban J connectivity index is 1.27. The van der Waals surface area contributed by atoms with Gasteiger partial charge in [0.05, 0.1) is 29.7 Å². The van der Waals surface area contributed by atoms with Gasteiger partial charge in [-0.15, -0.1) is 16.4 Å². The molecule has 34 heavy (non-hydrogen) atoms. The lowest BCUT2D eigenvalue weighted by Crippen LogP contribution is -2.35. The molecule has 0 atom stereocenters. The maximum atomic E-state index is 13.4. The van der Waals surface area contributed by atoms with Crippen LogP contribution in [-0.2, 0) is 13.0 Å². The molecule has 0 unspecified atom stereocenters. The number of halogens is 1. The quantitative estimate of drug-likeness (QED) is 0.416. The summed E-state index contributed by atoms with van der Waals surface area (Å²) in [5.74, 6) is 0.140. The first-order valence-corrected chi connectivity index (χ1v) is 11.8. The van der Waals surface area contributed by atoms with Crippen LogP contribution in [0.1, 0.15) is 26.6 Å². The highest BCUT2D eigenvalue weighted by atomic mass is 35.5. The van der Waals surface area contributed by atoms with E-state index in [2.05, 4.69) is 15.2 Å². The SMILES string of the molecule is Cc1c(C(=O)N2CCc3nc(-c4ccc(Cl)cc4)sc3C2)cnn1-c1nn2cccc2c(=O)[nH]1. The van der Waals surface area contributed by atoms with Gasteiger partial charge in [0.2, 0.25) is 5.95 Å². The molecule has 0 bridgehead atoms. The number of thiazole rings is 1. The molecule has 1 aliphatic rings. The van der Waals surface area contributed by atoms with Crippen molar-refractivity contribution in [3.63, 3.8) is 0 Å². The number of aromatic nitrogens is 6. The second-order valence-electron chi connectivity index (χ2n) is 8.04. The molecule has 0 fully saturated rings. The van der Waals surface area contributed by atoms with Gasteiger partial charge in [-0.25, -0.2) is 14.2 Å². The molecule has 1 aliphatic heterocycles. The van der Waals surface area contributed by atoms with Gasteiger partial charge < -0.3 is 4.90 Å². The van der Waals surface area contributed by atoms with Crippen LogP contribution in [0, 0.1) is 6.92 Å². The molecule has 1 amide bonds. The molecule has 1 N–H and O–H groups in total. The fourth-order valence-electron chi connectivity index (χ4n) is 4.12. The number of nitrogens with zero attached hydrogens (tertiary/aromatic N) is 6. The monoisotopic (exact) mass is 491 g/mol. The first kappa shape index (κ1) is 20.8. The largest absolute Gasteiger partial charge is 0.333 e. The fraction of sp³-hybridized carbons (Fsp3) is 0.174. The van der Waals surface area contributed by atoms with Gasteiger partial charge in [0.1, 0.15) is 10.5 Å². The summed E-state index contributed by atoms with van der Waals surface area (Å²) >= 11 is 7.60. The Morgan fingerprint density at radius 3 is 2.85 bits per heavy atom. The smallest absolute Gasteiger partial charge is 0.276 e. The van der Waals surface area contributed by atoms with E-state index in [4.69, 9.17) is 16.6 Å². The van der Waals surface area contributed by atoms with E-state index in [1.54, 1.807) is 36.6 Å². The van der Waals surface area contributed by atoms with E-state index in [0.717, 1.165) is 21.1 Å². The number of carbonyl (C=O) groups excluding carboxylic acids is 1. The average Bonchev–Trinajstić information content (AvgIpc) is 3.56. The Bertz CT molecular complexity index is 1610. The van der Waals surface area contributed by atoms with Crippen LogP contribution in [0.4, 0.5) is 0 Å². The van der Waals surface area contributed by atoms with E-state index in [1.807, 2.05) is 29.2 Å². The van der Waals surface area contributed by atoms with Crippen molar-refractivity contribution in [3.05, 3.63) is 86.0 Å². The van der Waals surface area contributed by atoms with Gasteiger partial charge in [0.15, 0.2) is 0 Å². The van der Waals surface area contributed by atoms with Crippen LogP contribution < -0.4 is 5.56 Å². The molecule has 0 saturated heterocycles. The molecule has 170 valence electrons. The summed E-state index contributed by atoms with van der Waals surface area (Å²) in [6.45, 7) is 2.86. The van der Waals surface area contributed by atoms with E-state index in [0.29, 0.717) is 41.3 Å². The Hall–Kier alpha value is -3.76. The normalized spacial score (nSPS) is 13.4. The Labute approximate surface area is 202 Å². The Kier molecular flexibility index (Phi) is 4.85. The number of fused-ring (bicyclic) bond motifs is 2. The maximum Gasteiger partial charge on any atom is 0.276 e. The lowest BCUT2D eigenvalue weighted by Gasteiger charge is -2.26. The molecule has 5 aromatic rings. The van der Waals surface area contributed by atoms with Crippen molar-refractivity contribution in [1.29, 1.82) is 0 Å². The second-order valence-corrected chi connectivity index (χ2v) is 9.56. The first-order valence-electron chi connectivity index (χ1n) is 10.6. The molecule has 9 nitrogen and oxygen atoms in total. The van der Waals surface area contributed by atoms with Crippen molar-refractivity contribution in [2.75, 3.05) is 6.54 Å². The maximum absolute atomic E-state index is 13.4. The van der Waals surface area contributed by atoms with E-state index < -0.39 is 0 Å². The zero-order chi connectivity index (χ0) is 23.4. The summed E-state index contributed by atoms with van der Waals surface area (Å²) < 4.78 is 2.97. The summed E-state index contributed by atoms with van der Waals surface area (Å²) in [5.41, 5.74) is 3.30. The summed E-state index contributed by atoms with van der Waals surface area (Å²) in [6, 6.07) is 11.0. The third-order valence-electron chi connectivity index (χ3n) is 5.94. The fourth-order valence-corrected chi connectivity index (χ4v) is 5.37. The molecule has 0 aliphatic carbocycles. The van der Waals surface area contributed by atoms with Crippen LogP contribution in [0.3, 0.4) is 0 Å². The number of aromatic amines is 1. The molecule has 5 heterocycles. The minimum absolute atomic E-state index is 0.111. The van der Waals surface area contributed by atoms with Crippen molar-refractivity contribution in [2.24, 2.45) is 0 Å². The molecule has 0 radical (unpaired) electrons. The third kappa shape index (κ3) is 3.42. The van der Waals surface area contributed by atoms with Crippen molar-refractivity contribution >= 4 is 34.4 Å². The number of amides is 1. The van der Waals surface area contributed by atoms with E-state index in [9.17, 15) is 9.59 Å². The Morgan fingerprint density at radius 2 is 2.03 bits per heavy atom. The van der Waals surface area contributed by atoms with Crippen LogP contribution in [-0.4, -0.2) is 46.7 Å². The molecule has 4 aromatic heterocycles. The van der Waals surface area contributed by atoms with Crippen LogP contribution in [0.5, 0.6) is 0 Å².